The molecular weight excluding hydrogens is 238 g/mol. The van der Waals surface area contributed by atoms with Crippen LogP contribution in [-0.4, -0.2) is 20.3 Å². The fraction of sp³-hybridized carbons (Fsp3) is 0.625. The van der Waals surface area contributed by atoms with Gasteiger partial charge in [-0.3, -0.25) is 0 Å². The van der Waals surface area contributed by atoms with Crippen molar-refractivity contribution in [3.05, 3.63) is 17.7 Å². The second-order valence-corrected chi connectivity index (χ2v) is 6.27. The summed E-state index contributed by atoms with van der Waals surface area (Å²) in [6.45, 7) is 6.79. The van der Waals surface area contributed by atoms with Crippen molar-refractivity contribution >= 4 is 5.69 Å². The molecule has 0 radical (unpaired) electrons. The summed E-state index contributed by atoms with van der Waals surface area (Å²) >= 11 is 0. The molecule has 1 aliphatic carbocycles. The molecule has 1 N–H and O–H groups in total. The number of anilines is 1. The predicted octanol–water partition coefficient (Wildman–Crippen LogP) is 4.00. The number of ether oxygens (including phenoxy) is 2. The number of methoxy groups -OCH3 is 2. The van der Waals surface area contributed by atoms with E-state index in [1.165, 1.54) is 24.8 Å². The van der Waals surface area contributed by atoms with E-state index in [0.717, 1.165) is 17.2 Å². The van der Waals surface area contributed by atoms with E-state index in [-0.39, 0.29) is 0 Å². The predicted molar refractivity (Wildman–Crippen MR) is 79.3 cm³/mol. The Hall–Kier alpha value is -1.38. The monoisotopic (exact) mass is 263 g/mol. The lowest BCUT2D eigenvalue weighted by atomic mass is 9.92. The highest BCUT2D eigenvalue weighted by molar-refractivity contribution is 5.60. The van der Waals surface area contributed by atoms with Crippen LogP contribution in [0.1, 0.15) is 38.7 Å². The molecular formula is C16H25NO2. The van der Waals surface area contributed by atoms with E-state index in [1.54, 1.807) is 14.2 Å². The van der Waals surface area contributed by atoms with Gasteiger partial charge >= 0.3 is 0 Å². The van der Waals surface area contributed by atoms with E-state index in [9.17, 15) is 0 Å². The molecule has 1 aromatic rings. The molecule has 2 rings (SSSR count). The lowest BCUT2D eigenvalue weighted by Crippen LogP contribution is -2.18. The molecule has 106 valence electrons. The quantitative estimate of drug-likeness (QED) is 0.890. The minimum Gasteiger partial charge on any atom is -0.493 e. The highest BCUT2D eigenvalue weighted by Crippen LogP contribution is 2.40. The molecule has 1 atom stereocenters. The summed E-state index contributed by atoms with van der Waals surface area (Å²) < 4.78 is 10.7. The van der Waals surface area contributed by atoms with Crippen molar-refractivity contribution in [3.63, 3.8) is 0 Å². The van der Waals surface area contributed by atoms with Gasteiger partial charge in [-0.1, -0.05) is 13.8 Å². The van der Waals surface area contributed by atoms with Crippen molar-refractivity contribution in [2.75, 3.05) is 19.5 Å². The van der Waals surface area contributed by atoms with Crippen LogP contribution in [0.2, 0.25) is 0 Å². The van der Waals surface area contributed by atoms with Crippen LogP contribution in [0.5, 0.6) is 11.5 Å². The third-order valence-corrected chi connectivity index (χ3v) is 4.06. The Labute approximate surface area is 116 Å². The van der Waals surface area contributed by atoms with Gasteiger partial charge < -0.3 is 14.8 Å². The molecule has 0 bridgehead atoms. The minimum absolute atomic E-state index is 0.460. The van der Waals surface area contributed by atoms with E-state index < -0.39 is 0 Å². The van der Waals surface area contributed by atoms with E-state index in [0.29, 0.717) is 11.5 Å². The molecule has 1 fully saturated rings. The van der Waals surface area contributed by atoms with Crippen molar-refractivity contribution < 1.29 is 9.47 Å². The topological polar surface area (TPSA) is 30.5 Å². The molecule has 3 heteroatoms. The summed E-state index contributed by atoms with van der Waals surface area (Å²) in [5, 5.41) is 3.66. The van der Waals surface area contributed by atoms with Crippen LogP contribution in [0.25, 0.3) is 0 Å². The lowest BCUT2D eigenvalue weighted by molar-refractivity contribution is 0.355. The first-order valence-electron chi connectivity index (χ1n) is 6.94. The zero-order valence-corrected chi connectivity index (χ0v) is 12.7. The maximum atomic E-state index is 5.37. The Morgan fingerprint density at radius 1 is 1.16 bits per heavy atom. The van der Waals surface area contributed by atoms with Gasteiger partial charge in [0.05, 0.1) is 14.2 Å². The standard InChI is InChI=1S/C16H25NO2/c1-11-8-14(18-4)15(19-5)9-13(11)17-12-6-7-16(2,3)10-12/h8-9,12,17H,6-7,10H2,1-5H3. The average molecular weight is 263 g/mol. The van der Waals surface area contributed by atoms with Gasteiger partial charge in [0, 0.05) is 17.8 Å². The SMILES string of the molecule is COc1cc(C)c(NC2CCC(C)(C)C2)cc1OC. The lowest BCUT2D eigenvalue weighted by Gasteiger charge is -2.20. The highest BCUT2D eigenvalue weighted by Gasteiger charge is 2.31. The number of rotatable bonds is 4. The highest BCUT2D eigenvalue weighted by atomic mass is 16.5. The minimum atomic E-state index is 0.460. The molecule has 1 saturated carbocycles. The number of hydrogen-bond donors (Lipinski definition) is 1. The third kappa shape index (κ3) is 3.14. The van der Waals surface area contributed by atoms with Gasteiger partial charge in [-0.25, -0.2) is 0 Å². The van der Waals surface area contributed by atoms with Crippen molar-refractivity contribution in [3.8, 4) is 11.5 Å². The van der Waals surface area contributed by atoms with Gasteiger partial charge in [0.15, 0.2) is 11.5 Å². The van der Waals surface area contributed by atoms with Gasteiger partial charge in [0.25, 0.3) is 0 Å². The maximum absolute atomic E-state index is 5.37. The van der Waals surface area contributed by atoms with Gasteiger partial charge in [0.1, 0.15) is 0 Å². The van der Waals surface area contributed by atoms with E-state index in [4.69, 9.17) is 9.47 Å². The molecule has 0 saturated heterocycles. The molecule has 0 aromatic heterocycles. The second kappa shape index (κ2) is 5.32. The zero-order chi connectivity index (χ0) is 14.0. The van der Waals surface area contributed by atoms with Gasteiger partial charge in [0.2, 0.25) is 0 Å². The molecule has 3 nitrogen and oxygen atoms in total. The normalized spacial score (nSPS) is 21.2. The summed E-state index contributed by atoms with van der Waals surface area (Å²) in [5.74, 6) is 1.57. The van der Waals surface area contributed by atoms with Gasteiger partial charge in [-0.05, 0) is 43.2 Å². The first kappa shape index (κ1) is 14.0. The number of aryl methyl sites for hydroxylation is 1. The molecule has 1 aliphatic rings. The second-order valence-electron chi connectivity index (χ2n) is 6.27. The fourth-order valence-corrected chi connectivity index (χ4v) is 2.92. The largest absolute Gasteiger partial charge is 0.493 e. The molecule has 0 spiro atoms. The Kier molecular flexibility index (Phi) is 3.93. The van der Waals surface area contributed by atoms with Crippen LogP contribution in [0, 0.1) is 12.3 Å². The summed E-state index contributed by atoms with van der Waals surface area (Å²) in [7, 11) is 3.35. The summed E-state index contributed by atoms with van der Waals surface area (Å²) in [4.78, 5) is 0. The van der Waals surface area contributed by atoms with Crippen molar-refractivity contribution in [2.45, 2.75) is 46.1 Å². The third-order valence-electron chi connectivity index (χ3n) is 4.06. The molecule has 1 unspecified atom stereocenters. The fourth-order valence-electron chi connectivity index (χ4n) is 2.92. The number of hydrogen-bond acceptors (Lipinski definition) is 3. The Balaban J connectivity index is 2.17. The zero-order valence-electron chi connectivity index (χ0n) is 12.7. The Bertz CT molecular complexity index is 454. The van der Waals surface area contributed by atoms with Gasteiger partial charge in [-0.2, -0.15) is 0 Å². The van der Waals surface area contributed by atoms with Crippen LogP contribution in [0.3, 0.4) is 0 Å². The van der Waals surface area contributed by atoms with Crippen LogP contribution in [0.4, 0.5) is 5.69 Å². The van der Waals surface area contributed by atoms with Crippen LogP contribution >= 0.6 is 0 Å². The Morgan fingerprint density at radius 3 is 2.32 bits per heavy atom. The van der Waals surface area contributed by atoms with E-state index >= 15 is 0 Å². The first-order chi connectivity index (χ1) is 8.95. The number of benzene rings is 1. The van der Waals surface area contributed by atoms with E-state index in [2.05, 4.69) is 26.1 Å². The van der Waals surface area contributed by atoms with E-state index in [1.807, 2.05) is 12.1 Å². The molecule has 19 heavy (non-hydrogen) atoms. The van der Waals surface area contributed by atoms with Crippen molar-refractivity contribution in [1.82, 2.24) is 0 Å². The summed E-state index contributed by atoms with van der Waals surface area (Å²) in [6, 6.07) is 4.63. The van der Waals surface area contributed by atoms with Crippen LogP contribution in [-0.2, 0) is 0 Å². The summed E-state index contributed by atoms with van der Waals surface area (Å²) in [6.07, 6.45) is 3.75. The summed E-state index contributed by atoms with van der Waals surface area (Å²) in [5.41, 5.74) is 2.81. The van der Waals surface area contributed by atoms with Crippen LogP contribution < -0.4 is 14.8 Å². The van der Waals surface area contributed by atoms with Crippen LogP contribution in [0.15, 0.2) is 12.1 Å². The molecule has 0 heterocycles. The first-order valence-corrected chi connectivity index (χ1v) is 6.94. The Morgan fingerprint density at radius 2 is 1.79 bits per heavy atom. The van der Waals surface area contributed by atoms with Crippen molar-refractivity contribution in [1.29, 1.82) is 0 Å². The molecule has 1 aromatic carbocycles. The van der Waals surface area contributed by atoms with Crippen molar-refractivity contribution in [2.24, 2.45) is 5.41 Å². The van der Waals surface area contributed by atoms with Gasteiger partial charge in [-0.15, -0.1) is 0 Å². The average Bonchev–Trinajstić information content (AvgIpc) is 2.70. The molecule has 0 aliphatic heterocycles. The smallest absolute Gasteiger partial charge is 0.162 e. The molecule has 0 amide bonds. The number of nitrogens with one attached hydrogen (secondary N) is 1. The maximum Gasteiger partial charge on any atom is 0.162 e.